The van der Waals surface area contributed by atoms with Gasteiger partial charge in [-0.05, 0) is 119 Å². The lowest BCUT2D eigenvalue weighted by Gasteiger charge is -2.50. The Morgan fingerprint density at radius 3 is 2.09 bits per heavy atom. The second kappa shape index (κ2) is 18.9. The molecule has 4 aliphatic rings. The van der Waals surface area contributed by atoms with E-state index in [0.29, 0.717) is 50.4 Å². The number of hydrogen-bond donors (Lipinski definition) is 0. The molecule has 6 heterocycles. The van der Waals surface area contributed by atoms with Gasteiger partial charge in [0.05, 0.1) is 53.7 Å². The number of ether oxygens (including phenoxy) is 4. The molecule has 1 amide bonds. The zero-order chi connectivity index (χ0) is 49.0. The van der Waals surface area contributed by atoms with Crippen molar-refractivity contribution >= 4 is 40.2 Å². The number of rotatable bonds is 12. The SMILES string of the molecule is COc1ccc(CN(Cc2ccc(OC)cc2)c2cc(C)c(C(F)(F)F)c(-c3c(Cl)cc4c(N5CC6CCCC(C5)N6C(=O)OC(C)(C)C)nc(OC[C@]56CCCN5C[C@H](F)C6)nc4c3F)n2)cc1. The van der Waals surface area contributed by atoms with Crippen LogP contribution in [0.15, 0.2) is 60.7 Å². The van der Waals surface area contributed by atoms with E-state index >= 15 is 17.6 Å². The Morgan fingerprint density at radius 1 is 0.884 bits per heavy atom. The largest absolute Gasteiger partial charge is 0.497 e. The van der Waals surface area contributed by atoms with E-state index in [2.05, 4.69) is 14.9 Å². The predicted octanol–water partition coefficient (Wildman–Crippen LogP) is 11.0. The topological polar surface area (TPSA) is 106 Å². The molecule has 0 N–H and O–H groups in total. The molecule has 4 aliphatic heterocycles. The van der Waals surface area contributed by atoms with E-state index in [1.54, 1.807) is 43.4 Å². The monoisotopic (exact) mass is 977 g/mol. The van der Waals surface area contributed by atoms with Crippen LogP contribution in [0.3, 0.4) is 0 Å². The van der Waals surface area contributed by atoms with E-state index in [1.165, 1.54) is 19.1 Å². The van der Waals surface area contributed by atoms with E-state index in [1.807, 2.05) is 54.8 Å². The van der Waals surface area contributed by atoms with Crippen molar-refractivity contribution in [2.75, 3.05) is 56.8 Å². The number of hydrogen-bond acceptors (Lipinski definition) is 11. The number of pyridine rings is 1. The van der Waals surface area contributed by atoms with Gasteiger partial charge in [-0.15, -0.1) is 0 Å². The summed E-state index contributed by atoms with van der Waals surface area (Å²) in [5.41, 5.74) is -2.67. The van der Waals surface area contributed by atoms with Gasteiger partial charge < -0.3 is 28.7 Å². The molecular weight excluding hydrogens is 921 g/mol. The number of aryl methyl sites for hydroxylation is 1. The van der Waals surface area contributed by atoms with Crippen molar-refractivity contribution in [1.29, 1.82) is 0 Å². The van der Waals surface area contributed by atoms with Crippen molar-refractivity contribution in [2.45, 2.75) is 115 Å². The molecule has 4 atom stereocenters. The molecule has 0 saturated carbocycles. The second-order valence-electron chi connectivity index (χ2n) is 19.7. The van der Waals surface area contributed by atoms with Crippen LogP contribution in [0.25, 0.3) is 22.2 Å². The van der Waals surface area contributed by atoms with Gasteiger partial charge in [-0.2, -0.15) is 23.1 Å². The van der Waals surface area contributed by atoms with Crippen LogP contribution in [-0.2, 0) is 24.0 Å². The van der Waals surface area contributed by atoms with E-state index in [-0.39, 0.29) is 83.9 Å². The Bertz CT molecular complexity index is 2640. The van der Waals surface area contributed by atoms with Gasteiger partial charge >= 0.3 is 18.3 Å². The van der Waals surface area contributed by atoms with Crippen LogP contribution in [0.1, 0.15) is 81.5 Å². The highest BCUT2D eigenvalue weighted by molar-refractivity contribution is 6.34. The Balaban J connectivity index is 1.17. The number of fused-ring (bicyclic) bond motifs is 4. The molecule has 368 valence electrons. The van der Waals surface area contributed by atoms with Crippen LogP contribution in [0.4, 0.5) is 38.4 Å². The van der Waals surface area contributed by atoms with Crippen LogP contribution >= 0.6 is 11.6 Å². The minimum absolute atomic E-state index is 0.0251. The molecule has 3 aromatic carbocycles. The van der Waals surface area contributed by atoms with Gasteiger partial charge in [-0.25, -0.2) is 18.6 Å². The predicted molar refractivity (Wildman–Crippen MR) is 254 cm³/mol. The Morgan fingerprint density at radius 2 is 1.51 bits per heavy atom. The average Bonchev–Trinajstić information content (AvgIpc) is 3.82. The number of piperidine rings is 1. The summed E-state index contributed by atoms with van der Waals surface area (Å²) in [5, 5.41) is -0.192. The molecule has 0 radical (unpaired) electrons. The highest BCUT2D eigenvalue weighted by Gasteiger charge is 2.50. The second-order valence-corrected chi connectivity index (χ2v) is 20.1. The summed E-state index contributed by atoms with van der Waals surface area (Å²) in [6, 6.07) is 16.5. The number of carbonyl (C=O) groups is 1. The van der Waals surface area contributed by atoms with Crippen molar-refractivity contribution < 1.29 is 45.7 Å². The molecule has 69 heavy (non-hydrogen) atoms. The molecule has 4 fully saturated rings. The molecule has 4 saturated heterocycles. The normalized spacial score (nSPS) is 21.7. The Labute approximate surface area is 403 Å². The molecule has 0 aliphatic carbocycles. The lowest BCUT2D eigenvalue weighted by Crippen LogP contribution is -2.63. The molecular formula is C51H57ClF5N7O5. The number of aromatic nitrogens is 3. The number of piperazine rings is 1. The van der Waals surface area contributed by atoms with Crippen LogP contribution in [-0.4, -0.2) is 107 Å². The van der Waals surface area contributed by atoms with Gasteiger partial charge in [0.2, 0.25) is 0 Å². The zero-order valence-electron chi connectivity index (χ0n) is 39.6. The first-order valence-electron chi connectivity index (χ1n) is 23.4. The molecule has 12 nitrogen and oxygen atoms in total. The first kappa shape index (κ1) is 48.3. The van der Waals surface area contributed by atoms with E-state index in [0.717, 1.165) is 24.0 Å². The lowest BCUT2D eigenvalue weighted by molar-refractivity contribution is -0.137. The number of methoxy groups -OCH3 is 2. The molecule has 0 spiro atoms. The first-order valence-corrected chi connectivity index (χ1v) is 23.8. The van der Waals surface area contributed by atoms with Crippen LogP contribution in [0.2, 0.25) is 5.02 Å². The van der Waals surface area contributed by atoms with Crippen molar-refractivity contribution in [3.8, 4) is 28.8 Å². The molecule has 2 aromatic heterocycles. The van der Waals surface area contributed by atoms with Crippen LogP contribution in [0, 0.1) is 12.7 Å². The van der Waals surface area contributed by atoms with Crippen LogP contribution in [0.5, 0.6) is 17.5 Å². The zero-order valence-corrected chi connectivity index (χ0v) is 40.4. The third-order valence-electron chi connectivity index (χ3n) is 13.8. The number of nitrogens with zero attached hydrogens (tertiary/aromatic N) is 7. The number of alkyl halides is 4. The van der Waals surface area contributed by atoms with Crippen LogP contribution < -0.4 is 24.0 Å². The minimum Gasteiger partial charge on any atom is -0.497 e. The average molecular weight is 979 g/mol. The molecule has 9 rings (SSSR count). The van der Waals surface area contributed by atoms with E-state index in [9.17, 15) is 9.18 Å². The summed E-state index contributed by atoms with van der Waals surface area (Å²) in [5.74, 6) is 0.508. The minimum atomic E-state index is -4.98. The summed E-state index contributed by atoms with van der Waals surface area (Å²) >= 11 is 7.06. The van der Waals surface area contributed by atoms with Gasteiger partial charge in [-0.3, -0.25) is 9.80 Å². The Hall–Kier alpha value is -5.68. The van der Waals surface area contributed by atoms with Crippen molar-refractivity contribution in [2.24, 2.45) is 0 Å². The van der Waals surface area contributed by atoms with E-state index in [4.69, 9.17) is 35.5 Å². The van der Waals surface area contributed by atoms with Gasteiger partial charge in [0.15, 0.2) is 5.82 Å². The first-order chi connectivity index (χ1) is 32.8. The maximum absolute atomic E-state index is 18.0. The fraction of sp³-hybridized carbons (Fsp3) is 0.490. The summed E-state index contributed by atoms with van der Waals surface area (Å²) < 4.78 is 102. The molecule has 2 bridgehead atoms. The number of anilines is 2. The van der Waals surface area contributed by atoms with Gasteiger partial charge in [0.25, 0.3) is 0 Å². The van der Waals surface area contributed by atoms with Gasteiger partial charge in [-0.1, -0.05) is 35.9 Å². The quantitative estimate of drug-likeness (QED) is 0.112. The molecule has 5 aromatic rings. The van der Waals surface area contributed by atoms with Gasteiger partial charge in [0.1, 0.15) is 47.0 Å². The fourth-order valence-corrected chi connectivity index (χ4v) is 11.0. The van der Waals surface area contributed by atoms with Crippen molar-refractivity contribution in [1.82, 2.24) is 24.8 Å². The number of benzene rings is 3. The number of halogens is 6. The molecule has 2 unspecified atom stereocenters. The number of carbonyl (C=O) groups excluding carboxylic acids is 1. The maximum atomic E-state index is 18.0. The summed E-state index contributed by atoms with van der Waals surface area (Å²) in [7, 11) is 3.11. The summed E-state index contributed by atoms with van der Waals surface area (Å²) in [4.78, 5) is 35.3. The van der Waals surface area contributed by atoms with E-state index < -0.39 is 52.2 Å². The highest BCUT2D eigenvalue weighted by atomic mass is 35.5. The summed E-state index contributed by atoms with van der Waals surface area (Å²) in [6.45, 7) is 8.78. The standard InChI is InChI=1S/C51H57ClF5N7O5/c1-30-21-40(61(24-31-11-15-36(66-5)16-12-31)25-32-13-17-37(67-6)18-14-32)58-45(42(30)51(55,56)57)41-39(52)22-38-44(43(41)54)59-47(68-29-50-19-8-20-63(50)26-33(53)23-50)60-46(38)62-27-34-9-7-10-35(28-62)64(34)48(65)69-49(2,3)4/h11-18,21-22,33-35H,7-10,19-20,23-29H2,1-6H3/t33-,34?,35?,50-/m1/s1. The van der Waals surface area contributed by atoms with Crippen molar-refractivity contribution in [3.05, 3.63) is 93.8 Å². The highest BCUT2D eigenvalue weighted by Crippen LogP contribution is 2.47. The fourth-order valence-electron chi connectivity index (χ4n) is 10.7. The third kappa shape index (κ3) is 9.90. The Kier molecular flexibility index (Phi) is 13.2. The third-order valence-corrected chi connectivity index (χ3v) is 14.1. The number of amides is 1. The maximum Gasteiger partial charge on any atom is 0.418 e. The van der Waals surface area contributed by atoms with Gasteiger partial charge in [0, 0.05) is 44.5 Å². The lowest BCUT2D eigenvalue weighted by atomic mass is 9.91. The summed E-state index contributed by atoms with van der Waals surface area (Å²) in [6.07, 6.45) is -2.41. The smallest absolute Gasteiger partial charge is 0.418 e. The molecule has 18 heteroatoms. The van der Waals surface area contributed by atoms with Crippen molar-refractivity contribution in [3.63, 3.8) is 0 Å².